The third kappa shape index (κ3) is 4.01. The van der Waals surface area contributed by atoms with E-state index in [1.807, 2.05) is 12.3 Å². The minimum Gasteiger partial charge on any atom is -0.490 e. The molecule has 0 N–H and O–H groups in total. The topological polar surface area (TPSA) is 27.1 Å². The van der Waals surface area contributed by atoms with Crippen molar-refractivity contribution in [1.82, 2.24) is 9.78 Å². The van der Waals surface area contributed by atoms with Crippen molar-refractivity contribution in [2.75, 3.05) is 12.5 Å². The van der Waals surface area contributed by atoms with Gasteiger partial charge in [0.1, 0.15) is 18.2 Å². The van der Waals surface area contributed by atoms with Crippen LogP contribution in [-0.2, 0) is 6.54 Å². The molecule has 0 aliphatic rings. The largest absolute Gasteiger partial charge is 0.490 e. The van der Waals surface area contributed by atoms with Gasteiger partial charge in [-0.1, -0.05) is 11.8 Å². The molecule has 98 valence electrons. The van der Waals surface area contributed by atoms with Crippen molar-refractivity contribution in [2.45, 2.75) is 6.54 Å². The third-order valence-electron chi connectivity index (χ3n) is 2.37. The molecule has 0 aliphatic heterocycles. The Labute approximate surface area is 116 Å². The molecule has 0 radical (unpaired) electrons. The van der Waals surface area contributed by atoms with Gasteiger partial charge < -0.3 is 4.74 Å². The zero-order valence-corrected chi connectivity index (χ0v) is 10.9. The molecule has 19 heavy (non-hydrogen) atoms. The van der Waals surface area contributed by atoms with Gasteiger partial charge in [-0.25, -0.2) is 4.39 Å². The molecule has 1 heterocycles. The third-order valence-corrected chi connectivity index (χ3v) is 2.50. The normalized spacial score (nSPS) is 9.79. The summed E-state index contributed by atoms with van der Waals surface area (Å²) in [6.45, 7) is 0.979. The maximum Gasteiger partial charge on any atom is 0.137 e. The summed E-state index contributed by atoms with van der Waals surface area (Å²) in [5.41, 5.74) is 0.627. The minimum atomic E-state index is -0.356. The smallest absolute Gasteiger partial charge is 0.137 e. The number of halogens is 2. The number of alkyl halides is 1. The number of aromatic nitrogens is 2. The maximum absolute atomic E-state index is 13.2. The predicted octanol–water partition coefficient (Wildman–Crippen LogP) is 2.69. The van der Waals surface area contributed by atoms with E-state index < -0.39 is 0 Å². The molecule has 0 unspecified atom stereocenters. The van der Waals surface area contributed by atoms with Gasteiger partial charge in [0.2, 0.25) is 0 Å². The highest BCUT2D eigenvalue weighted by atomic mass is 35.5. The number of rotatable bonds is 4. The summed E-state index contributed by atoms with van der Waals surface area (Å²) in [6.07, 6.45) is 3.53. The van der Waals surface area contributed by atoms with Crippen molar-refractivity contribution in [3.8, 4) is 17.6 Å². The molecule has 0 amide bonds. The Kier molecular flexibility index (Phi) is 4.82. The second kappa shape index (κ2) is 6.81. The number of hydrogen-bond donors (Lipinski definition) is 0. The molecule has 0 fully saturated rings. The van der Waals surface area contributed by atoms with Crippen LogP contribution in [0, 0.1) is 17.7 Å². The van der Waals surface area contributed by atoms with E-state index >= 15 is 0 Å². The van der Waals surface area contributed by atoms with Crippen LogP contribution in [0.2, 0.25) is 0 Å². The summed E-state index contributed by atoms with van der Waals surface area (Å²) in [5.74, 6) is 5.85. The van der Waals surface area contributed by atoms with Gasteiger partial charge in [0, 0.05) is 18.5 Å². The van der Waals surface area contributed by atoms with E-state index in [0.717, 1.165) is 0 Å². The van der Waals surface area contributed by atoms with Crippen LogP contribution in [0.15, 0.2) is 36.7 Å². The van der Waals surface area contributed by atoms with E-state index in [1.165, 1.54) is 12.1 Å². The zero-order valence-electron chi connectivity index (χ0n) is 10.1. The number of nitrogens with zero attached hydrogens (tertiary/aromatic N) is 2. The molecule has 0 spiro atoms. The lowest BCUT2D eigenvalue weighted by Gasteiger charge is -2.08. The maximum atomic E-state index is 13.2. The standard InChI is InChI=1S/C14H12ClFN2O/c15-6-1-3-12-4-5-13(16)11-14(12)19-10-9-18-8-2-7-17-18/h2,4-5,7-8,11H,6,9-10H2. The quantitative estimate of drug-likeness (QED) is 0.635. The van der Waals surface area contributed by atoms with Crippen molar-refractivity contribution < 1.29 is 9.13 Å². The minimum absolute atomic E-state index is 0.226. The fourth-order valence-corrected chi connectivity index (χ4v) is 1.60. The number of ether oxygens (including phenoxy) is 1. The Morgan fingerprint density at radius 2 is 2.32 bits per heavy atom. The average molecular weight is 279 g/mol. The van der Waals surface area contributed by atoms with E-state index in [1.54, 1.807) is 16.9 Å². The molecule has 1 aromatic carbocycles. The molecule has 1 aromatic heterocycles. The summed E-state index contributed by atoms with van der Waals surface area (Å²) in [5, 5.41) is 4.05. The second-order valence-corrected chi connectivity index (χ2v) is 3.96. The van der Waals surface area contributed by atoms with Crippen LogP contribution in [0.1, 0.15) is 5.56 Å². The van der Waals surface area contributed by atoms with Gasteiger partial charge >= 0.3 is 0 Å². The van der Waals surface area contributed by atoms with E-state index in [2.05, 4.69) is 16.9 Å². The molecule has 0 aliphatic carbocycles. The van der Waals surface area contributed by atoms with Crippen LogP contribution in [0.5, 0.6) is 5.75 Å². The first kappa shape index (κ1) is 13.4. The summed E-state index contributed by atoms with van der Waals surface area (Å²) >= 11 is 5.51. The van der Waals surface area contributed by atoms with Gasteiger partial charge in [0.15, 0.2) is 0 Å². The number of hydrogen-bond acceptors (Lipinski definition) is 2. The highest BCUT2D eigenvalue weighted by Crippen LogP contribution is 2.19. The highest BCUT2D eigenvalue weighted by molar-refractivity contribution is 6.19. The van der Waals surface area contributed by atoms with Crippen LogP contribution >= 0.6 is 11.6 Å². The van der Waals surface area contributed by atoms with Crippen LogP contribution < -0.4 is 4.74 Å². The van der Waals surface area contributed by atoms with Gasteiger partial charge in [-0.05, 0) is 18.2 Å². The molecule has 3 nitrogen and oxygen atoms in total. The summed E-state index contributed by atoms with van der Waals surface area (Å²) in [7, 11) is 0. The van der Waals surface area contributed by atoms with E-state index in [9.17, 15) is 4.39 Å². The van der Waals surface area contributed by atoms with Gasteiger partial charge in [0.05, 0.1) is 18.0 Å². The lowest BCUT2D eigenvalue weighted by Crippen LogP contribution is -2.09. The molecule has 0 saturated heterocycles. The van der Waals surface area contributed by atoms with E-state index in [4.69, 9.17) is 16.3 Å². The Bertz CT molecular complexity index is 587. The monoisotopic (exact) mass is 278 g/mol. The first-order valence-electron chi connectivity index (χ1n) is 5.74. The predicted molar refractivity (Wildman–Crippen MR) is 71.7 cm³/mol. The molecule has 5 heteroatoms. The van der Waals surface area contributed by atoms with Crippen molar-refractivity contribution in [3.05, 3.63) is 48.0 Å². The fraction of sp³-hybridized carbons (Fsp3) is 0.214. The van der Waals surface area contributed by atoms with Gasteiger partial charge in [-0.2, -0.15) is 5.10 Å². The lowest BCUT2D eigenvalue weighted by molar-refractivity contribution is 0.289. The molecule has 2 aromatic rings. The first-order chi connectivity index (χ1) is 9.29. The van der Waals surface area contributed by atoms with Crippen LogP contribution in [0.3, 0.4) is 0 Å². The summed E-state index contributed by atoms with van der Waals surface area (Å²) in [4.78, 5) is 0. The molecule has 0 bridgehead atoms. The molecule has 2 rings (SSSR count). The highest BCUT2D eigenvalue weighted by Gasteiger charge is 2.03. The van der Waals surface area contributed by atoms with Crippen LogP contribution in [-0.4, -0.2) is 22.3 Å². The van der Waals surface area contributed by atoms with Crippen molar-refractivity contribution in [1.29, 1.82) is 0 Å². The number of benzene rings is 1. The van der Waals surface area contributed by atoms with Crippen molar-refractivity contribution in [2.24, 2.45) is 0 Å². The lowest BCUT2D eigenvalue weighted by atomic mass is 10.2. The Hall–Kier alpha value is -1.99. The van der Waals surface area contributed by atoms with Crippen LogP contribution in [0.4, 0.5) is 4.39 Å². The summed E-state index contributed by atoms with van der Waals surface area (Å²) in [6, 6.07) is 6.08. The second-order valence-electron chi connectivity index (χ2n) is 3.69. The van der Waals surface area contributed by atoms with Gasteiger partial charge in [0.25, 0.3) is 0 Å². The van der Waals surface area contributed by atoms with Crippen LogP contribution in [0.25, 0.3) is 0 Å². The Balaban J connectivity index is 2.03. The van der Waals surface area contributed by atoms with E-state index in [-0.39, 0.29) is 11.7 Å². The first-order valence-corrected chi connectivity index (χ1v) is 6.27. The Morgan fingerprint density at radius 3 is 3.05 bits per heavy atom. The van der Waals surface area contributed by atoms with Crippen molar-refractivity contribution in [3.63, 3.8) is 0 Å². The summed E-state index contributed by atoms with van der Waals surface area (Å²) < 4.78 is 20.5. The zero-order chi connectivity index (χ0) is 13.5. The van der Waals surface area contributed by atoms with Gasteiger partial charge in [-0.15, -0.1) is 11.6 Å². The Morgan fingerprint density at radius 1 is 1.42 bits per heavy atom. The molecular formula is C14H12ClFN2O. The fourth-order valence-electron chi connectivity index (χ4n) is 1.53. The molecular weight excluding hydrogens is 267 g/mol. The average Bonchev–Trinajstić information content (AvgIpc) is 2.91. The van der Waals surface area contributed by atoms with E-state index in [0.29, 0.717) is 24.5 Å². The van der Waals surface area contributed by atoms with Gasteiger partial charge in [-0.3, -0.25) is 4.68 Å². The molecule has 0 atom stereocenters. The van der Waals surface area contributed by atoms with Crippen molar-refractivity contribution >= 4 is 11.6 Å². The SMILES string of the molecule is Fc1ccc(C#CCCl)c(OCCn2cccn2)c1. The molecule has 0 saturated carbocycles.